The number of amides is 3. The van der Waals surface area contributed by atoms with Crippen molar-refractivity contribution in [3.8, 4) is 0 Å². The molecule has 0 aromatic carbocycles. The van der Waals surface area contributed by atoms with Crippen LogP contribution in [0.1, 0.15) is 30.2 Å². The van der Waals surface area contributed by atoms with E-state index in [1.165, 1.54) is 11.3 Å². The lowest BCUT2D eigenvalue weighted by Gasteiger charge is -2.25. The van der Waals surface area contributed by atoms with E-state index in [4.69, 9.17) is 5.73 Å². The van der Waals surface area contributed by atoms with Gasteiger partial charge in [-0.25, -0.2) is 4.79 Å². The van der Waals surface area contributed by atoms with E-state index < -0.39 is 6.03 Å². The largest absolute Gasteiger partial charge is 0.352 e. The summed E-state index contributed by atoms with van der Waals surface area (Å²) in [5, 5.41) is 10.8. The standard InChI is InChI=1S/C13H20N4O2S/c14-13(19)17-10(11-4-2-6-20-11)7-12(18)16-9-3-1-5-15-8-9/h2,4,6,9-10,15H,1,3,5,7-8H2,(H,16,18)(H3,14,17,19)/t9-,10?/m0/s1. The van der Waals surface area contributed by atoms with Gasteiger partial charge in [0.2, 0.25) is 5.91 Å². The summed E-state index contributed by atoms with van der Waals surface area (Å²) in [5.41, 5.74) is 5.17. The molecule has 7 heteroatoms. The van der Waals surface area contributed by atoms with Gasteiger partial charge in [0.1, 0.15) is 0 Å². The van der Waals surface area contributed by atoms with Crippen LogP contribution in [-0.2, 0) is 4.79 Å². The first-order valence-electron chi connectivity index (χ1n) is 6.74. The van der Waals surface area contributed by atoms with Crippen LogP contribution in [0.25, 0.3) is 0 Å². The third-order valence-corrected chi connectivity index (χ3v) is 4.24. The topological polar surface area (TPSA) is 96.2 Å². The number of thiophene rings is 1. The number of nitrogens with one attached hydrogen (secondary N) is 3. The Kier molecular flexibility index (Phi) is 5.37. The summed E-state index contributed by atoms with van der Waals surface area (Å²) in [6.45, 7) is 1.81. The lowest BCUT2D eigenvalue weighted by molar-refractivity contribution is -0.122. The molecule has 0 spiro atoms. The average molecular weight is 296 g/mol. The summed E-state index contributed by atoms with van der Waals surface area (Å²) < 4.78 is 0. The smallest absolute Gasteiger partial charge is 0.312 e. The van der Waals surface area contributed by atoms with Gasteiger partial charge in [-0.1, -0.05) is 6.07 Å². The van der Waals surface area contributed by atoms with E-state index in [1.54, 1.807) is 0 Å². The predicted molar refractivity (Wildman–Crippen MR) is 78.4 cm³/mol. The van der Waals surface area contributed by atoms with Crippen LogP contribution in [0, 0.1) is 0 Å². The monoisotopic (exact) mass is 296 g/mol. The van der Waals surface area contributed by atoms with E-state index in [1.807, 2.05) is 17.5 Å². The molecule has 2 atom stereocenters. The first-order chi connectivity index (χ1) is 9.65. The second kappa shape index (κ2) is 7.25. The molecule has 0 bridgehead atoms. The van der Waals surface area contributed by atoms with Gasteiger partial charge in [0.15, 0.2) is 0 Å². The van der Waals surface area contributed by atoms with Crippen LogP contribution >= 0.6 is 11.3 Å². The molecule has 110 valence electrons. The lowest BCUT2D eigenvalue weighted by atomic mass is 10.1. The van der Waals surface area contributed by atoms with Gasteiger partial charge in [0, 0.05) is 17.5 Å². The quantitative estimate of drug-likeness (QED) is 0.644. The highest BCUT2D eigenvalue weighted by molar-refractivity contribution is 7.10. The van der Waals surface area contributed by atoms with E-state index in [2.05, 4.69) is 16.0 Å². The van der Waals surface area contributed by atoms with Crippen molar-refractivity contribution in [3.63, 3.8) is 0 Å². The minimum Gasteiger partial charge on any atom is -0.352 e. The minimum atomic E-state index is -0.615. The highest BCUT2D eigenvalue weighted by Gasteiger charge is 2.21. The van der Waals surface area contributed by atoms with Gasteiger partial charge in [-0.05, 0) is 30.8 Å². The van der Waals surface area contributed by atoms with Crippen LogP contribution in [0.3, 0.4) is 0 Å². The molecule has 6 nitrogen and oxygen atoms in total. The third kappa shape index (κ3) is 4.50. The summed E-state index contributed by atoms with van der Waals surface area (Å²) in [6, 6.07) is 2.98. The second-order valence-corrected chi connectivity index (χ2v) is 5.87. The molecule has 0 saturated carbocycles. The molecule has 1 fully saturated rings. The Morgan fingerprint density at radius 2 is 2.40 bits per heavy atom. The highest BCUT2D eigenvalue weighted by atomic mass is 32.1. The SMILES string of the molecule is NC(=O)NC(CC(=O)N[C@H]1CCCNC1)c1cccs1. The molecule has 2 heterocycles. The fourth-order valence-corrected chi connectivity index (χ4v) is 3.11. The van der Waals surface area contributed by atoms with Crippen molar-refractivity contribution in [1.82, 2.24) is 16.0 Å². The van der Waals surface area contributed by atoms with Crippen molar-refractivity contribution >= 4 is 23.3 Å². The molecule has 1 unspecified atom stereocenters. The summed E-state index contributed by atoms with van der Waals surface area (Å²) in [4.78, 5) is 24.1. The van der Waals surface area contributed by atoms with Crippen molar-refractivity contribution < 1.29 is 9.59 Å². The third-order valence-electron chi connectivity index (χ3n) is 3.25. The van der Waals surface area contributed by atoms with Gasteiger partial charge < -0.3 is 21.7 Å². The number of hydrogen-bond acceptors (Lipinski definition) is 4. The maximum atomic E-state index is 12.1. The lowest BCUT2D eigenvalue weighted by Crippen LogP contribution is -2.46. The average Bonchev–Trinajstić information content (AvgIpc) is 2.92. The van der Waals surface area contributed by atoms with Gasteiger partial charge in [-0.3, -0.25) is 4.79 Å². The molecule has 1 aromatic rings. The zero-order valence-electron chi connectivity index (χ0n) is 11.2. The Morgan fingerprint density at radius 3 is 3.00 bits per heavy atom. The van der Waals surface area contributed by atoms with Gasteiger partial charge >= 0.3 is 6.03 Å². The molecule has 0 aliphatic carbocycles. The summed E-state index contributed by atoms with van der Waals surface area (Å²) in [6.07, 6.45) is 2.27. The van der Waals surface area contributed by atoms with Crippen LogP contribution < -0.4 is 21.7 Å². The van der Waals surface area contributed by atoms with E-state index in [0.29, 0.717) is 0 Å². The van der Waals surface area contributed by atoms with Crippen LogP contribution in [0.5, 0.6) is 0 Å². The molecule has 20 heavy (non-hydrogen) atoms. The van der Waals surface area contributed by atoms with Gasteiger partial charge in [-0.2, -0.15) is 0 Å². The molecule has 0 radical (unpaired) electrons. The highest BCUT2D eigenvalue weighted by Crippen LogP contribution is 2.22. The molecule has 1 saturated heterocycles. The minimum absolute atomic E-state index is 0.0640. The number of hydrogen-bond donors (Lipinski definition) is 4. The van der Waals surface area contributed by atoms with Gasteiger partial charge in [0.05, 0.1) is 12.5 Å². The van der Waals surface area contributed by atoms with Crippen molar-refractivity contribution in [2.24, 2.45) is 5.73 Å². The fraction of sp³-hybridized carbons (Fsp3) is 0.538. The molecule has 1 aliphatic rings. The number of carbonyl (C=O) groups is 2. The van der Waals surface area contributed by atoms with Crippen LogP contribution in [-0.4, -0.2) is 31.1 Å². The van der Waals surface area contributed by atoms with Crippen molar-refractivity contribution in [3.05, 3.63) is 22.4 Å². The van der Waals surface area contributed by atoms with E-state index in [9.17, 15) is 9.59 Å². The van der Waals surface area contributed by atoms with Gasteiger partial charge in [-0.15, -0.1) is 11.3 Å². The normalized spacial score (nSPS) is 20.1. The zero-order chi connectivity index (χ0) is 14.4. The molecule has 5 N–H and O–H groups in total. The Labute approximate surface area is 122 Å². The van der Waals surface area contributed by atoms with Gasteiger partial charge in [0.25, 0.3) is 0 Å². The summed E-state index contributed by atoms with van der Waals surface area (Å²) in [5.74, 6) is -0.0640. The first-order valence-corrected chi connectivity index (χ1v) is 7.62. The van der Waals surface area contributed by atoms with Crippen molar-refractivity contribution in [2.75, 3.05) is 13.1 Å². The molecular weight excluding hydrogens is 276 g/mol. The first kappa shape index (κ1) is 14.8. The number of carbonyl (C=O) groups excluding carboxylic acids is 2. The maximum Gasteiger partial charge on any atom is 0.312 e. The zero-order valence-corrected chi connectivity index (χ0v) is 12.0. The van der Waals surface area contributed by atoms with E-state index in [-0.39, 0.29) is 24.4 Å². The Balaban J connectivity index is 1.89. The number of urea groups is 1. The summed E-state index contributed by atoms with van der Waals surface area (Å²) >= 11 is 1.50. The molecule has 3 amide bonds. The second-order valence-electron chi connectivity index (χ2n) is 4.89. The van der Waals surface area contributed by atoms with E-state index in [0.717, 1.165) is 30.8 Å². The Morgan fingerprint density at radius 1 is 1.55 bits per heavy atom. The number of primary amides is 1. The fourth-order valence-electron chi connectivity index (χ4n) is 2.33. The molecule has 1 aliphatic heterocycles. The molecule has 1 aromatic heterocycles. The van der Waals surface area contributed by atoms with Crippen LogP contribution in [0.4, 0.5) is 4.79 Å². The van der Waals surface area contributed by atoms with E-state index >= 15 is 0 Å². The van der Waals surface area contributed by atoms with Crippen LogP contribution in [0.2, 0.25) is 0 Å². The molecule has 2 rings (SSSR count). The molecular formula is C13H20N4O2S. The predicted octanol–water partition coefficient (Wildman–Crippen LogP) is 0.716. The summed E-state index contributed by atoms with van der Waals surface area (Å²) in [7, 11) is 0. The number of rotatable bonds is 5. The Hall–Kier alpha value is -1.60. The van der Waals surface area contributed by atoms with Crippen molar-refractivity contribution in [2.45, 2.75) is 31.3 Å². The maximum absolute atomic E-state index is 12.1. The van der Waals surface area contributed by atoms with Crippen molar-refractivity contribution in [1.29, 1.82) is 0 Å². The Bertz CT molecular complexity index is 443. The number of nitrogens with two attached hydrogens (primary N) is 1. The number of piperidine rings is 1. The van der Waals surface area contributed by atoms with Crippen LogP contribution in [0.15, 0.2) is 17.5 Å².